The molecule has 1 saturated heterocycles. The van der Waals surface area contributed by atoms with Gasteiger partial charge in [0, 0.05) is 24.3 Å². The van der Waals surface area contributed by atoms with Crippen molar-refractivity contribution < 1.29 is 14.7 Å². The van der Waals surface area contributed by atoms with Crippen LogP contribution < -0.4 is 16.0 Å². The summed E-state index contributed by atoms with van der Waals surface area (Å²) in [5, 5.41) is 18.0. The van der Waals surface area contributed by atoms with E-state index in [2.05, 4.69) is 16.0 Å². The Kier molecular flexibility index (Phi) is 4.93. The maximum absolute atomic E-state index is 12.1. The van der Waals surface area contributed by atoms with Crippen LogP contribution in [0, 0.1) is 6.92 Å². The fourth-order valence-electron chi connectivity index (χ4n) is 2.30. The van der Waals surface area contributed by atoms with Crippen LogP contribution in [0.4, 0.5) is 5.69 Å². The molecule has 2 atom stereocenters. The standard InChI is InChI=1S/C15H21N3O3/c1-3-16-14(20)10-5-4-9(2)12(6-10)18-15(21)13-7-11(19)8-17-13/h4-6,11,13,17,19H,3,7-8H2,1-2H3,(H,16,20)(H,18,21). The molecule has 0 saturated carbocycles. The molecular weight excluding hydrogens is 270 g/mol. The van der Waals surface area contributed by atoms with Crippen LogP contribution >= 0.6 is 0 Å². The predicted molar refractivity (Wildman–Crippen MR) is 80.2 cm³/mol. The Bertz CT molecular complexity index is 545. The minimum atomic E-state index is -0.483. The van der Waals surface area contributed by atoms with Gasteiger partial charge in [-0.25, -0.2) is 0 Å². The first-order valence-electron chi connectivity index (χ1n) is 7.12. The molecule has 1 aliphatic heterocycles. The smallest absolute Gasteiger partial charge is 0.251 e. The molecule has 1 aromatic carbocycles. The number of aliphatic hydroxyl groups is 1. The van der Waals surface area contributed by atoms with Crippen molar-refractivity contribution in [2.75, 3.05) is 18.4 Å². The van der Waals surface area contributed by atoms with E-state index in [1.54, 1.807) is 18.2 Å². The molecule has 21 heavy (non-hydrogen) atoms. The summed E-state index contributed by atoms with van der Waals surface area (Å²) < 4.78 is 0. The molecule has 2 amide bonds. The van der Waals surface area contributed by atoms with Gasteiger partial charge in [0.05, 0.1) is 12.1 Å². The number of hydrogen-bond donors (Lipinski definition) is 4. The highest BCUT2D eigenvalue weighted by Gasteiger charge is 2.28. The van der Waals surface area contributed by atoms with E-state index in [1.807, 2.05) is 13.8 Å². The number of nitrogens with one attached hydrogen (secondary N) is 3. The van der Waals surface area contributed by atoms with Crippen molar-refractivity contribution in [2.24, 2.45) is 0 Å². The second-order valence-corrected chi connectivity index (χ2v) is 5.23. The first-order valence-corrected chi connectivity index (χ1v) is 7.12. The Hall–Kier alpha value is -1.92. The van der Waals surface area contributed by atoms with Crippen molar-refractivity contribution in [2.45, 2.75) is 32.4 Å². The van der Waals surface area contributed by atoms with Gasteiger partial charge in [-0.05, 0) is 38.0 Å². The van der Waals surface area contributed by atoms with Crippen LogP contribution in [-0.4, -0.2) is 42.2 Å². The van der Waals surface area contributed by atoms with Crippen LogP contribution in [0.15, 0.2) is 18.2 Å². The molecule has 0 radical (unpaired) electrons. The first kappa shape index (κ1) is 15.5. The van der Waals surface area contributed by atoms with Crippen molar-refractivity contribution in [3.8, 4) is 0 Å². The zero-order chi connectivity index (χ0) is 15.4. The van der Waals surface area contributed by atoms with E-state index in [1.165, 1.54) is 0 Å². The van der Waals surface area contributed by atoms with Gasteiger partial charge < -0.3 is 21.1 Å². The van der Waals surface area contributed by atoms with Gasteiger partial charge in [-0.15, -0.1) is 0 Å². The second-order valence-electron chi connectivity index (χ2n) is 5.23. The summed E-state index contributed by atoms with van der Waals surface area (Å²) in [5.41, 5.74) is 2.01. The molecule has 114 valence electrons. The van der Waals surface area contributed by atoms with Gasteiger partial charge in [0.25, 0.3) is 5.91 Å². The quantitative estimate of drug-likeness (QED) is 0.646. The van der Waals surface area contributed by atoms with E-state index in [0.29, 0.717) is 30.8 Å². The highest BCUT2D eigenvalue weighted by molar-refractivity contribution is 5.99. The molecule has 6 heteroatoms. The Morgan fingerprint density at radius 1 is 1.43 bits per heavy atom. The third kappa shape index (κ3) is 3.80. The van der Waals surface area contributed by atoms with Crippen molar-refractivity contribution in [3.63, 3.8) is 0 Å². The normalized spacial score (nSPS) is 21.1. The summed E-state index contributed by atoms with van der Waals surface area (Å²) in [6.07, 6.45) is -0.0792. The van der Waals surface area contributed by atoms with Crippen LogP contribution in [0.3, 0.4) is 0 Å². The third-order valence-corrected chi connectivity index (χ3v) is 3.52. The highest BCUT2D eigenvalue weighted by atomic mass is 16.3. The molecule has 2 rings (SSSR count). The Balaban J connectivity index is 2.10. The largest absolute Gasteiger partial charge is 0.392 e. The molecule has 1 fully saturated rings. The lowest BCUT2D eigenvalue weighted by Crippen LogP contribution is -2.35. The molecular formula is C15H21N3O3. The lowest BCUT2D eigenvalue weighted by Gasteiger charge is -2.14. The van der Waals surface area contributed by atoms with Crippen molar-refractivity contribution in [3.05, 3.63) is 29.3 Å². The minimum Gasteiger partial charge on any atom is -0.392 e. The average Bonchev–Trinajstić information content (AvgIpc) is 2.88. The van der Waals surface area contributed by atoms with Crippen LogP contribution in [0.25, 0.3) is 0 Å². The number of aryl methyl sites for hydroxylation is 1. The maximum atomic E-state index is 12.1. The predicted octanol–water partition coefficient (Wildman–Crippen LogP) is 0.406. The van der Waals surface area contributed by atoms with E-state index in [4.69, 9.17) is 0 Å². The lowest BCUT2D eigenvalue weighted by atomic mass is 10.1. The van der Waals surface area contributed by atoms with Gasteiger partial charge in [0.15, 0.2) is 0 Å². The SMILES string of the molecule is CCNC(=O)c1ccc(C)c(NC(=O)C2CC(O)CN2)c1. The monoisotopic (exact) mass is 291 g/mol. The second kappa shape index (κ2) is 6.69. The number of hydrogen-bond acceptors (Lipinski definition) is 4. The van der Waals surface area contributed by atoms with Crippen LogP contribution in [-0.2, 0) is 4.79 Å². The molecule has 2 unspecified atom stereocenters. The number of carbonyl (C=O) groups is 2. The van der Waals surface area contributed by atoms with E-state index < -0.39 is 12.1 Å². The molecule has 4 N–H and O–H groups in total. The Labute approximate surface area is 123 Å². The summed E-state index contributed by atoms with van der Waals surface area (Å²) in [7, 11) is 0. The van der Waals surface area contributed by atoms with Gasteiger partial charge in [-0.1, -0.05) is 6.07 Å². The summed E-state index contributed by atoms with van der Waals surface area (Å²) in [6, 6.07) is 4.81. The number of benzene rings is 1. The molecule has 1 aliphatic rings. The topological polar surface area (TPSA) is 90.5 Å². The zero-order valence-electron chi connectivity index (χ0n) is 12.3. The van der Waals surface area contributed by atoms with E-state index in [-0.39, 0.29) is 11.8 Å². The van der Waals surface area contributed by atoms with Crippen LogP contribution in [0.5, 0.6) is 0 Å². The lowest BCUT2D eigenvalue weighted by molar-refractivity contribution is -0.117. The Morgan fingerprint density at radius 2 is 2.19 bits per heavy atom. The fourth-order valence-corrected chi connectivity index (χ4v) is 2.30. The molecule has 1 aromatic rings. The molecule has 0 bridgehead atoms. The van der Waals surface area contributed by atoms with E-state index in [0.717, 1.165) is 5.56 Å². The van der Waals surface area contributed by atoms with Gasteiger partial charge >= 0.3 is 0 Å². The molecule has 0 aromatic heterocycles. The average molecular weight is 291 g/mol. The number of anilines is 1. The molecule has 0 spiro atoms. The van der Waals surface area contributed by atoms with Crippen LogP contribution in [0.2, 0.25) is 0 Å². The van der Waals surface area contributed by atoms with E-state index in [9.17, 15) is 14.7 Å². The molecule has 1 heterocycles. The van der Waals surface area contributed by atoms with E-state index >= 15 is 0 Å². The number of rotatable bonds is 4. The summed E-state index contributed by atoms with van der Waals surface area (Å²) in [6.45, 7) is 4.70. The number of aliphatic hydroxyl groups excluding tert-OH is 1. The maximum Gasteiger partial charge on any atom is 0.251 e. The van der Waals surface area contributed by atoms with Gasteiger partial charge in [0.2, 0.25) is 5.91 Å². The summed E-state index contributed by atoms with van der Waals surface area (Å²) >= 11 is 0. The molecule has 6 nitrogen and oxygen atoms in total. The minimum absolute atomic E-state index is 0.164. The summed E-state index contributed by atoms with van der Waals surface area (Å²) in [4.78, 5) is 24.0. The third-order valence-electron chi connectivity index (χ3n) is 3.52. The van der Waals surface area contributed by atoms with Gasteiger partial charge in [-0.2, -0.15) is 0 Å². The molecule has 0 aliphatic carbocycles. The van der Waals surface area contributed by atoms with Gasteiger partial charge in [-0.3, -0.25) is 9.59 Å². The Morgan fingerprint density at radius 3 is 2.81 bits per heavy atom. The fraction of sp³-hybridized carbons (Fsp3) is 0.467. The zero-order valence-corrected chi connectivity index (χ0v) is 12.3. The number of β-amino-alcohol motifs (C(OH)–C–C–N with tert-alkyl or cyclic N) is 1. The van der Waals surface area contributed by atoms with Gasteiger partial charge in [0.1, 0.15) is 0 Å². The summed E-state index contributed by atoms with van der Waals surface area (Å²) in [5.74, 6) is -0.356. The number of carbonyl (C=O) groups excluding carboxylic acids is 2. The van der Waals surface area contributed by atoms with Crippen molar-refractivity contribution in [1.29, 1.82) is 0 Å². The highest BCUT2D eigenvalue weighted by Crippen LogP contribution is 2.18. The van der Waals surface area contributed by atoms with Crippen LogP contribution in [0.1, 0.15) is 29.3 Å². The first-order chi connectivity index (χ1) is 10.0. The number of amides is 2. The van der Waals surface area contributed by atoms with Crippen molar-refractivity contribution >= 4 is 17.5 Å². The van der Waals surface area contributed by atoms with Crippen molar-refractivity contribution in [1.82, 2.24) is 10.6 Å².